The number of carbonyl (C=O) groups is 1. The maximum absolute atomic E-state index is 13.7. The molecule has 11 heteroatoms. The van der Waals surface area contributed by atoms with E-state index in [2.05, 4.69) is 37.0 Å². The van der Waals surface area contributed by atoms with Crippen LogP contribution in [0.4, 0.5) is 21.7 Å². The van der Waals surface area contributed by atoms with Gasteiger partial charge in [0.2, 0.25) is 5.95 Å². The molecule has 10 nitrogen and oxygen atoms in total. The fourth-order valence-corrected chi connectivity index (χ4v) is 4.85. The summed E-state index contributed by atoms with van der Waals surface area (Å²) in [5.74, 6) is -0.312. The Morgan fingerprint density at radius 2 is 1.87 bits per heavy atom. The summed E-state index contributed by atoms with van der Waals surface area (Å²) in [6.07, 6.45) is 1.47. The number of fused-ring (bicyclic) bond motifs is 1. The Bertz CT molecular complexity index is 1610. The van der Waals surface area contributed by atoms with Gasteiger partial charge in [0.15, 0.2) is 5.65 Å². The summed E-state index contributed by atoms with van der Waals surface area (Å²) in [6, 6.07) is 10.5. The molecular formula is C28H31FN8O2. The lowest BCUT2D eigenvalue weighted by Gasteiger charge is -2.35. The molecule has 0 spiro atoms. The van der Waals surface area contributed by atoms with E-state index in [1.54, 1.807) is 37.4 Å². The molecule has 0 aliphatic carbocycles. The lowest BCUT2D eigenvalue weighted by molar-refractivity contribution is 0.102. The molecule has 1 amide bonds. The van der Waals surface area contributed by atoms with Crippen LogP contribution in [-0.4, -0.2) is 63.0 Å². The number of nitrogens with two attached hydrogens (primary N) is 1. The van der Waals surface area contributed by atoms with E-state index >= 15 is 0 Å². The van der Waals surface area contributed by atoms with Gasteiger partial charge in [0.25, 0.3) is 11.5 Å². The summed E-state index contributed by atoms with van der Waals surface area (Å²) < 4.78 is 15.1. The number of alkyl halides is 1. The quantitative estimate of drug-likeness (QED) is 0.390. The maximum Gasteiger partial charge on any atom is 0.278 e. The molecule has 3 heterocycles. The molecule has 202 valence electrons. The second kappa shape index (κ2) is 10.8. The third-order valence-corrected chi connectivity index (χ3v) is 7.16. The van der Waals surface area contributed by atoms with Crippen LogP contribution in [0.25, 0.3) is 22.4 Å². The number of nitrogens with zero attached hydrogens (tertiary/aromatic N) is 6. The van der Waals surface area contributed by atoms with Gasteiger partial charge in [-0.3, -0.25) is 14.2 Å². The number of aromatic nitrogens is 4. The van der Waals surface area contributed by atoms with Crippen molar-refractivity contribution in [1.29, 1.82) is 0 Å². The third-order valence-electron chi connectivity index (χ3n) is 7.16. The van der Waals surface area contributed by atoms with Gasteiger partial charge in [0.05, 0.1) is 6.20 Å². The van der Waals surface area contributed by atoms with Crippen molar-refractivity contribution in [2.75, 3.05) is 48.7 Å². The van der Waals surface area contributed by atoms with Crippen molar-refractivity contribution in [2.45, 2.75) is 20.5 Å². The first-order valence-corrected chi connectivity index (χ1v) is 12.9. The van der Waals surface area contributed by atoms with E-state index in [1.165, 1.54) is 10.8 Å². The largest absolute Gasteiger partial charge is 0.369 e. The zero-order valence-electron chi connectivity index (χ0n) is 22.2. The number of nitrogen functional groups attached to an aromatic ring is 1. The number of aryl methyl sites for hydroxylation is 2. The number of halogens is 1. The van der Waals surface area contributed by atoms with Crippen LogP contribution in [0.3, 0.4) is 0 Å². The van der Waals surface area contributed by atoms with Gasteiger partial charge in [-0.25, -0.2) is 14.4 Å². The van der Waals surface area contributed by atoms with Crippen molar-refractivity contribution in [3.63, 3.8) is 0 Å². The number of anilines is 3. The molecule has 3 N–H and O–H groups in total. The van der Waals surface area contributed by atoms with Crippen LogP contribution >= 0.6 is 0 Å². The summed E-state index contributed by atoms with van der Waals surface area (Å²) in [4.78, 5) is 43.6. The first-order valence-electron chi connectivity index (χ1n) is 12.9. The molecule has 2 aromatic carbocycles. The predicted molar refractivity (Wildman–Crippen MR) is 151 cm³/mol. The first-order chi connectivity index (χ1) is 18.8. The number of nitrogens with one attached hydrogen (secondary N) is 1. The average Bonchev–Trinajstić information content (AvgIpc) is 2.96. The number of hydrogen-bond donors (Lipinski definition) is 2. The van der Waals surface area contributed by atoms with Crippen molar-refractivity contribution in [2.24, 2.45) is 7.05 Å². The van der Waals surface area contributed by atoms with Crippen molar-refractivity contribution < 1.29 is 9.18 Å². The van der Waals surface area contributed by atoms with Crippen molar-refractivity contribution in [3.8, 4) is 11.3 Å². The predicted octanol–water partition coefficient (Wildman–Crippen LogP) is 3.14. The highest BCUT2D eigenvalue weighted by Gasteiger charge is 2.19. The number of piperazine rings is 1. The van der Waals surface area contributed by atoms with Crippen LogP contribution in [0.15, 0.2) is 47.4 Å². The average molecular weight is 531 g/mol. The summed E-state index contributed by atoms with van der Waals surface area (Å²) in [7, 11) is 1.60. The highest BCUT2D eigenvalue weighted by atomic mass is 19.1. The Labute approximate surface area is 225 Å². The highest BCUT2D eigenvalue weighted by Crippen LogP contribution is 2.26. The number of rotatable bonds is 6. The van der Waals surface area contributed by atoms with Crippen molar-refractivity contribution in [1.82, 2.24) is 24.4 Å². The van der Waals surface area contributed by atoms with Gasteiger partial charge < -0.3 is 20.9 Å². The van der Waals surface area contributed by atoms with E-state index in [0.29, 0.717) is 33.5 Å². The highest BCUT2D eigenvalue weighted by molar-refractivity contribution is 6.05. The summed E-state index contributed by atoms with van der Waals surface area (Å²) in [5.41, 5.74) is 9.81. The van der Waals surface area contributed by atoms with Crippen LogP contribution in [-0.2, 0) is 13.7 Å². The monoisotopic (exact) mass is 530 g/mol. The van der Waals surface area contributed by atoms with E-state index in [9.17, 15) is 14.0 Å². The van der Waals surface area contributed by atoms with Gasteiger partial charge in [-0.2, -0.15) is 4.98 Å². The minimum atomic E-state index is -0.663. The van der Waals surface area contributed by atoms with Crippen LogP contribution < -0.4 is 21.5 Å². The Kier molecular flexibility index (Phi) is 7.25. The number of carbonyl (C=O) groups excluding carboxylic acids is 1. The molecular weight excluding hydrogens is 499 g/mol. The van der Waals surface area contributed by atoms with E-state index in [1.807, 2.05) is 13.0 Å². The molecule has 5 rings (SSSR count). The molecule has 2 aromatic heterocycles. The lowest BCUT2D eigenvalue weighted by atomic mass is 10.0. The number of hydrogen-bond acceptors (Lipinski definition) is 8. The molecule has 1 aliphatic rings. The molecule has 1 aliphatic heterocycles. The Morgan fingerprint density at radius 3 is 2.59 bits per heavy atom. The molecule has 0 radical (unpaired) electrons. The Morgan fingerprint density at radius 1 is 1.10 bits per heavy atom. The summed E-state index contributed by atoms with van der Waals surface area (Å²) in [5, 5.41) is 2.91. The normalized spacial score (nSPS) is 14.1. The van der Waals surface area contributed by atoms with Gasteiger partial charge in [-0.05, 0) is 54.9 Å². The van der Waals surface area contributed by atoms with Gasteiger partial charge >= 0.3 is 0 Å². The fourth-order valence-electron chi connectivity index (χ4n) is 4.85. The minimum absolute atomic E-state index is 0.0520. The van der Waals surface area contributed by atoms with Crippen molar-refractivity contribution in [3.05, 3.63) is 69.6 Å². The maximum atomic E-state index is 13.7. The summed E-state index contributed by atoms with van der Waals surface area (Å²) in [6.45, 7) is 7.81. The van der Waals surface area contributed by atoms with Gasteiger partial charge in [-0.15, -0.1) is 0 Å². The molecule has 1 saturated heterocycles. The molecule has 0 atom stereocenters. The molecule has 1 fully saturated rings. The van der Waals surface area contributed by atoms with E-state index in [4.69, 9.17) is 5.73 Å². The third kappa shape index (κ3) is 5.30. The topological polar surface area (TPSA) is 122 Å². The summed E-state index contributed by atoms with van der Waals surface area (Å²) >= 11 is 0. The van der Waals surface area contributed by atoms with E-state index in [-0.39, 0.29) is 23.1 Å². The molecule has 0 bridgehead atoms. The van der Waals surface area contributed by atoms with Gasteiger partial charge in [-0.1, -0.05) is 13.0 Å². The fraction of sp³-hybridized carbons (Fsp3) is 0.321. The van der Waals surface area contributed by atoms with Crippen LogP contribution in [0.1, 0.15) is 28.4 Å². The smallest absolute Gasteiger partial charge is 0.278 e. The SMILES string of the molecule is CCN1CCN(c2cc(CF)cc(C(=O)Nc3ccc(C)c(-c4nc5cnc(N)nc5n(C)c4=O)c3)c2)CC1. The van der Waals surface area contributed by atoms with Crippen molar-refractivity contribution >= 4 is 34.4 Å². The first kappa shape index (κ1) is 26.2. The van der Waals surface area contributed by atoms with E-state index < -0.39 is 6.67 Å². The van der Waals surface area contributed by atoms with Gasteiger partial charge in [0.1, 0.15) is 17.9 Å². The van der Waals surface area contributed by atoms with Crippen LogP contribution in [0, 0.1) is 6.92 Å². The second-order valence-electron chi connectivity index (χ2n) is 9.69. The van der Waals surface area contributed by atoms with Crippen LogP contribution in [0.5, 0.6) is 0 Å². The molecule has 4 aromatic rings. The molecule has 0 unspecified atom stereocenters. The molecule has 39 heavy (non-hydrogen) atoms. The lowest BCUT2D eigenvalue weighted by Crippen LogP contribution is -2.46. The number of amides is 1. The second-order valence-corrected chi connectivity index (χ2v) is 9.69. The zero-order valence-corrected chi connectivity index (χ0v) is 22.2. The molecule has 0 saturated carbocycles. The zero-order chi connectivity index (χ0) is 27.7. The standard InChI is InChI=1S/C28H31FN8O2/c1-4-36-7-9-37(10-8-36)21-12-18(15-29)11-19(13-21)26(38)32-20-6-5-17(2)22(14-20)24-27(39)35(3)25-23(33-24)16-31-28(30)34-25/h5-6,11-14,16H,4,7-10,15H2,1-3H3,(H,32,38)(H2,30,31,34). The van der Waals surface area contributed by atoms with Crippen LogP contribution in [0.2, 0.25) is 0 Å². The number of benzene rings is 2. The minimum Gasteiger partial charge on any atom is -0.369 e. The van der Waals surface area contributed by atoms with Gasteiger partial charge in [0, 0.05) is 55.7 Å². The number of likely N-dealkylation sites (N-methyl/N-ethyl adjacent to an activating group) is 1. The van der Waals surface area contributed by atoms with E-state index in [0.717, 1.165) is 44.0 Å². The Hall–Kier alpha value is -4.38. The Balaban J connectivity index is 1.45.